The average molecular weight is 263 g/mol. The van der Waals surface area contributed by atoms with Crippen LogP contribution in [0.5, 0.6) is 0 Å². The van der Waals surface area contributed by atoms with Gasteiger partial charge >= 0.3 is 6.09 Å². The molecule has 1 atom stereocenters. The lowest BCUT2D eigenvalue weighted by Crippen LogP contribution is -2.46. The molecule has 0 saturated carbocycles. The van der Waals surface area contributed by atoms with Crippen LogP contribution < -0.4 is 0 Å². The van der Waals surface area contributed by atoms with Gasteiger partial charge in [-0.1, -0.05) is 24.3 Å². The number of Topliss-reactive ketones (excluding diaryl/α,β-unsaturated/α-hetero) is 1. The van der Waals surface area contributed by atoms with Crippen LogP contribution in [0.3, 0.4) is 0 Å². The molecule has 1 N–H and O–H groups in total. The second-order valence-corrected chi connectivity index (χ2v) is 5.68. The topological polar surface area (TPSA) is 57.6 Å². The van der Waals surface area contributed by atoms with Gasteiger partial charge in [0, 0.05) is 11.1 Å². The Hall–Kier alpha value is -1.84. The van der Waals surface area contributed by atoms with Crippen LogP contribution in [-0.4, -0.2) is 27.4 Å². The second-order valence-electron chi connectivity index (χ2n) is 5.68. The Kier molecular flexibility index (Phi) is 4.35. The zero-order valence-corrected chi connectivity index (χ0v) is 12.1. The van der Waals surface area contributed by atoms with E-state index in [0.717, 1.165) is 5.56 Å². The Bertz CT molecular complexity index is 471. The standard InChI is InChI=1S/C15H21NO3/c1-10(16(14(18)19)15(3,4)5)12-6-8-13(9-7-12)11(2)17/h6-10H,1-5H3,(H,18,19)/t10-/m0/s1. The molecule has 0 radical (unpaired) electrons. The summed E-state index contributed by atoms with van der Waals surface area (Å²) in [6.07, 6.45) is -0.948. The van der Waals surface area contributed by atoms with E-state index in [1.165, 1.54) is 11.8 Å². The quantitative estimate of drug-likeness (QED) is 0.845. The predicted octanol–water partition coefficient (Wildman–Crippen LogP) is 3.73. The highest BCUT2D eigenvalue weighted by molar-refractivity contribution is 5.94. The van der Waals surface area contributed by atoms with Gasteiger partial charge < -0.3 is 5.11 Å². The molecule has 1 aromatic carbocycles. The van der Waals surface area contributed by atoms with Gasteiger partial charge in [0.1, 0.15) is 0 Å². The van der Waals surface area contributed by atoms with Crippen molar-refractivity contribution in [2.45, 2.75) is 46.2 Å². The van der Waals surface area contributed by atoms with Gasteiger partial charge in [-0.2, -0.15) is 0 Å². The van der Waals surface area contributed by atoms with E-state index in [-0.39, 0.29) is 11.8 Å². The number of nitrogens with zero attached hydrogens (tertiary/aromatic N) is 1. The average Bonchev–Trinajstić information content (AvgIpc) is 2.26. The first-order valence-electron chi connectivity index (χ1n) is 6.27. The van der Waals surface area contributed by atoms with E-state index < -0.39 is 11.6 Å². The van der Waals surface area contributed by atoms with Crippen molar-refractivity contribution in [2.75, 3.05) is 0 Å². The smallest absolute Gasteiger partial charge is 0.408 e. The number of carboxylic acid groups (broad SMARTS) is 1. The van der Waals surface area contributed by atoms with Gasteiger partial charge in [-0.05, 0) is 40.2 Å². The summed E-state index contributed by atoms with van der Waals surface area (Å²) in [6, 6.07) is 6.82. The summed E-state index contributed by atoms with van der Waals surface area (Å²) < 4.78 is 0. The van der Waals surface area contributed by atoms with E-state index in [1.807, 2.05) is 39.8 Å². The second kappa shape index (κ2) is 5.43. The van der Waals surface area contributed by atoms with Crippen LogP contribution in [0, 0.1) is 0 Å². The number of hydrogen-bond acceptors (Lipinski definition) is 2. The number of benzene rings is 1. The van der Waals surface area contributed by atoms with E-state index in [0.29, 0.717) is 5.56 Å². The molecule has 4 nitrogen and oxygen atoms in total. The molecule has 104 valence electrons. The third-order valence-corrected chi connectivity index (χ3v) is 3.12. The Morgan fingerprint density at radius 1 is 1.16 bits per heavy atom. The Balaban J connectivity index is 3.07. The molecule has 4 heteroatoms. The van der Waals surface area contributed by atoms with E-state index in [1.54, 1.807) is 12.1 Å². The predicted molar refractivity (Wildman–Crippen MR) is 74.5 cm³/mol. The fraction of sp³-hybridized carbons (Fsp3) is 0.467. The van der Waals surface area contributed by atoms with Gasteiger partial charge in [-0.15, -0.1) is 0 Å². The van der Waals surface area contributed by atoms with E-state index in [4.69, 9.17) is 0 Å². The molecule has 0 aliphatic heterocycles. The first-order valence-corrected chi connectivity index (χ1v) is 6.27. The number of rotatable bonds is 3. The van der Waals surface area contributed by atoms with Crippen molar-refractivity contribution >= 4 is 11.9 Å². The molecular weight excluding hydrogens is 242 g/mol. The maximum atomic E-state index is 11.4. The van der Waals surface area contributed by atoms with Gasteiger partial charge in [-0.25, -0.2) is 4.79 Å². The summed E-state index contributed by atoms with van der Waals surface area (Å²) in [5.41, 5.74) is 1.03. The molecule has 0 unspecified atom stereocenters. The van der Waals surface area contributed by atoms with Crippen LogP contribution in [0.2, 0.25) is 0 Å². The molecule has 0 bridgehead atoms. The van der Waals surface area contributed by atoms with Gasteiger partial charge in [0.05, 0.1) is 6.04 Å². The van der Waals surface area contributed by atoms with Gasteiger partial charge in [0.25, 0.3) is 0 Å². The maximum Gasteiger partial charge on any atom is 0.408 e. The summed E-state index contributed by atoms with van der Waals surface area (Å²) in [4.78, 5) is 24.0. The fourth-order valence-corrected chi connectivity index (χ4v) is 2.18. The largest absolute Gasteiger partial charge is 0.465 e. The summed E-state index contributed by atoms with van der Waals surface area (Å²) in [5, 5.41) is 9.36. The highest BCUT2D eigenvalue weighted by atomic mass is 16.4. The van der Waals surface area contributed by atoms with E-state index >= 15 is 0 Å². The number of hydrogen-bond donors (Lipinski definition) is 1. The normalized spacial score (nSPS) is 12.9. The molecule has 0 saturated heterocycles. The van der Waals surface area contributed by atoms with Crippen LogP contribution in [0.25, 0.3) is 0 Å². The maximum absolute atomic E-state index is 11.4. The molecule has 0 heterocycles. The minimum atomic E-state index is -0.948. The van der Waals surface area contributed by atoms with Gasteiger partial charge in [0.15, 0.2) is 5.78 Å². The lowest BCUT2D eigenvalue weighted by atomic mass is 9.98. The van der Waals surface area contributed by atoms with Crippen molar-refractivity contribution in [1.29, 1.82) is 0 Å². The van der Waals surface area contributed by atoms with Crippen LogP contribution >= 0.6 is 0 Å². The van der Waals surface area contributed by atoms with Crippen molar-refractivity contribution in [1.82, 2.24) is 4.90 Å². The molecular formula is C15H21NO3. The molecule has 0 fully saturated rings. The van der Waals surface area contributed by atoms with Crippen LogP contribution in [0.4, 0.5) is 4.79 Å². The minimum absolute atomic E-state index is 0.00474. The number of carbonyl (C=O) groups is 2. The number of amides is 1. The molecule has 1 rings (SSSR count). The number of carbonyl (C=O) groups excluding carboxylic acids is 1. The first-order chi connectivity index (χ1) is 8.64. The lowest BCUT2D eigenvalue weighted by Gasteiger charge is -2.38. The third kappa shape index (κ3) is 3.56. The minimum Gasteiger partial charge on any atom is -0.465 e. The Morgan fingerprint density at radius 3 is 1.95 bits per heavy atom. The summed E-state index contributed by atoms with van der Waals surface area (Å²) in [6.45, 7) is 8.95. The van der Waals surface area contributed by atoms with Gasteiger partial charge in [0.2, 0.25) is 0 Å². The molecule has 0 aliphatic rings. The fourth-order valence-electron chi connectivity index (χ4n) is 2.18. The lowest BCUT2D eigenvalue weighted by molar-refractivity contribution is 0.0752. The highest BCUT2D eigenvalue weighted by Gasteiger charge is 2.31. The summed E-state index contributed by atoms with van der Waals surface area (Å²) in [7, 11) is 0. The Labute approximate surface area is 114 Å². The third-order valence-electron chi connectivity index (χ3n) is 3.12. The zero-order chi connectivity index (χ0) is 14.8. The van der Waals surface area contributed by atoms with E-state index in [2.05, 4.69) is 0 Å². The van der Waals surface area contributed by atoms with Crippen molar-refractivity contribution in [3.05, 3.63) is 35.4 Å². The zero-order valence-electron chi connectivity index (χ0n) is 12.1. The van der Waals surface area contributed by atoms with Crippen molar-refractivity contribution < 1.29 is 14.7 Å². The molecule has 0 aromatic heterocycles. The molecule has 0 aliphatic carbocycles. The van der Waals surface area contributed by atoms with Crippen LogP contribution in [0.15, 0.2) is 24.3 Å². The molecule has 19 heavy (non-hydrogen) atoms. The highest BCUT2D eigenvalue weighted by Crippen LogP contribution is 2.28. The summed E-state index contributed by atoms with van der Waals surface area (Å²) in [5.74, 6) is 0.00474. The Morgan fingerprint density at radius 2 is 1.63 bits per heavy atom. The van der Waals surface area contributed by atoms with Gasteiger partial charge in [-0.3, -0.25) is 9.69 Å². The van der Waals surface area contributed by atoms with Crippen molar-refractivity contribution in [3.8, 4) is 0 Å². The van der Waals surface area contributed by atoms with Crippen molar-refractivity contribution in [3.63, 3.8) is 0 Å². The van der Waals surface area contributed by atoms with Crippen LogP contribution in [-0.2, 0) is 0 Å². The van der Waals surface area contributed by atoms with Crippen LogP contribution in [0.1, 0.15) is 56.6 Å². The number of ketones is 1. The van der Waals surface area contributed by atoms with Crippen molar-refractivity contribution in [2.24, 2.45) is 0 Å². The first kappa shape index (κ1) is 15.2. The monoisotopic (exact) mass is 263 g/mol. The SMILES string of the molecule is CC(=O)c1ccc([C@H](C)N(C(=O)O)C(C)(C)C)cc1. The summed E-state index contributed by atoms with van der Waals surface area (Å²) >= 11 is 0. The molecule has 0 spiro atoms. The van der Waals surface area contributed by atoms with E-state index in [9.17, 15) is 14.7 Å². The molecule has 1 amide bonds. The molecule has 1 aromatic rings.